The third-order valence-corrected chi connectivity index (χ3v) is 4.19. The van der Waals surface area contributed by atoms with Gasteiger partial charge in [0.1, 0.15) is 5.76 Å². The highest BCUT2D eigenvalue weighted by Gasteiger charge is 2.28. The van der Waals surface area contributed by atoms with Crippen LogP contribution in [0, 0.1) is 6.92 Å². The number of ketones is 1. The Hall–Kier alpha value is -2.27. The smallest absolute Gasteiger partial charge is 0.287 e. The molecule has 128 valence electrons. The first-order valence-corrected chi connectivity index (χ1v) is 7.84. The number of carbonyl (C=O) groups excluding carboxylic acids is 2. The van der Waals surface area contributed by atoms with Crippen molar-refractivity contribution >= 4 is 29.8 Å². The fourth-order valence-electron chi connectivity index (χ4n) is 2.95. The van der Waals surface area contributed by atoms with Gasteiger partial charge in [-0.1, -0.05) is 12.1 Å². The molecule has 0 saturated carbocycles. The number of furan rings is 1. The number of aryl methyl sites for hydroxylation is 1. The Labute approximate surface area is 147 Å². The number of nitrogen functional groups attached to an aromatic ring is 1. The Kier molecular flexibility index (Phi) is 5.67. The van der Waals surface area contributed by atoms with Gasteiger partial charge < -0.3 is 15.5 Å². The molecule has 0 fully saturated rings. The van der Waals surface area contributed by atoms with Gasteiger partial charge in [0.2, 0.25) is 0 Å². The van der Waals surface area contributed by atoms with Crippen molar-refractivity contribution in [3.8, 4) is 0 Å². The zero-order chi connectivity index (χ0) is 16.4. The first-order chi connectivity index (χ1) is 11.1. The second kappa shape index (κ2) is 7.53. The van der Waals surface area contributed by atoms with Gasteiger partial charge >= 0.3 is 0 Å². The summed E-state index contributed by atoms with van der Waals surface area (Å²) in [6, 6.07) is 7.56. The van der Waals surface area contributed by atoms with E-state index in [1.165, 1.54) is 0 Å². The Balaban J connectivity index is 0.00000208. The van der Waals surface area contributed by atoms with Crippen LogP contribution >= 0.6 is 12.4 Å². The summed E-state index contributed by atoms with van der Waals surface area (Å²) in [5.74, 6) is 0.735. The number of amides is 1. The molecule has 0 aliphatic heterocycles. The highest BCUT2D eigenvalue weighted by molar-refractivity contribution is 6.03. The number of fused-ring (bicyclic) bond motifs is 1. The predicted octanol–water partition coefficient (Wildman–Crippen LogP) is 3.08. The van der Waals surface area contributed by atoms with Crippen molar-refractivity contribution in [1.29, 1.82) is 0 Å². The van der Waals surface area contributed by atoms with Gasteiger partial charge in [0.15, 0.2) is 11.5 Å². The first-order valence-electron chi connectivity index (χ1n) is 7.84. The fraction of sp³-hybridized carbons (Fsp3) is 0.333. The molecular formula is C18H21ClN2O3. The molecule has 1 aliphatic rings. The largest absolute Gasteiger partial charge is 0.455 e. The van der Waals surface area contributed by atoms with E-state index in [0.29, 0.717) is 36.3 Å². The summed E-state index contributed by atoms with van der Waals surface area (Å²) >= 11 is 0. The molecule has 1 aliphatic carbocycles. The summed E-state index contributed by atoms with van der Waals surface area (Å²) in [6.07, 6.45) is 2.76. The quantitative estimate of drug-likeness (QED) is 0.831. The van der Waals surface area contributed by atoms with Crippen LogP contribution in [0.5, 0.6) is 0 Å². The van der Waals surface area contributed by atoms with Gasteiger partial charge in [0.05, 0.1) is 5.56 Å². The van der Waals surface area contributed by atoms with Crippen molar-refractivity contribution in [1.82, 2.24) is 5.32 Å². The zero-order valence-corrected chi connectivity index (χ0v) is 14.4. The van der Waals surface area contributed by atoms with Crippen LogP contribution in [0.15, 0.2) is 28.7 Å². The Morgan fingerprint density at radius 3 is 2.62 bits per heavy atom. The molecule has 24 heavy (non-hydrogen) atoms. The van der Waals surface area contributed by atoms with Gasteiger partial charge in [0, 0.05) is 30.6 Å². The maximum Gasteiger partial charge on any atom is 0.287 e. The van der Waals surface area contributed by atoms with Crippen molar-refractivity contribution in [2.45, 2.75) is 32.6 Å². The minimum absolute atomic E-state index is 0. The number of Topliss-reactive ketones (excluding diaryl/α,β-unsaturated/α-hetero) is 1. The van der Waals surface area contributed by atoms with Gasteiger partial charge in [-0.3, -0.25) is 9.59 Å². The summed E-state index contributed by atoms with van der Waals surface area (Å²) in [5.41, 5.74) is 8.74. The number of hydrogen-bond acceptors (Lipinski definition) is 4. The number of anilines is 1. The minimum Gasteiger partial charge on any atom is -0.455 e. The van der Waals surface area contributed by atoms with Crippen LogP contribution in [0.25, 0.3) is 0 Å². The van der Waals surface area contributed by atoms with E-state index < -0.39 is 0 Å². The average molecular weight is 349 g/mol. The highest BCUT2D eigenvalue weighted by atomic mass is 35.5. The summed E-state index contributed by atoms with van der Waals surface area (Å²) in [4.78, 5) is 24.3. The molecule has 2 aromatic rings. The molecular weight excluding hydrogens is 328 g/mol. The van der Waals surface area contributed by atoms with Crippen molar-refractivity contribution < 1.29 is 14.0 Å². The first kappa shape index (κ1) is 18.1. The third-order valence-electron chi connectivity index (χ3n) is 4.19. The zero-order valence-electron chi connectivity index (χ0n) is 13.6. The van der Waals surface area contributed by atoms with E-state index in [2.05, 4.69) is 5.32 Å². The highest BCUT2D eigenvalue weighted by Crippen LogP contribution is 2.29. The van der Waals surface area contributed by atoms with E-state index in [1.807, 2.05) is 24.3 Å². The van der Waals surface area contributed by atoms with Crippen molar-refractivity contribution in [2.75, 3.05) is 12.3 Å². The maximum atomic E-state index is 12.3. The van der Waals surface area contributed by atoms with Crippen LogP contribution in [0.4, 0.5) is 5.69 Å². The molecule has 1 aromatic carbocycles. The molecule has 1 heterocycles. The lowest BCUT2D eigenvalue weighted by Gasteiger charge is -2.07. The normalized spacial score (nSPS) is 13.1. The van der Waals surface area contributed by atoms with Crippen LogP contribution in [-0.2, 0) is 12.8 Å². The van der Waals surface area contributed by atoms with Crippen molar-refractivity contribution in [3.05, 3.63) is 52.5 Å². The lowest BCUT2D eigenvalue weighted by Crippen LogP contribution is -2.26. The summed E-state index contributed by atoms with van der Waals surface area (Å²) < 4.78 is 5.64. The monoisotopic (exact) mass is 348 g/mol. The van der Waals surface area contributed by atoms with Crippen molar-refractivity contribution in [2.24, 2.45) is 0 Å². The number of hydrogen-bond donors (Lipinski definition) is 2. The lowest BCUT2D eigenvalue weighted by atomic mass is 9.94. The SMILES string of the molecule is Cc1c(C(=O)NCCc2ccc(N)cc2)oc2c1C(=O)CCC2.Cl. The molecule has 0 atom stereocenters. The molecule has 5 nitrogen and oxygen atoms in total. The van der Waals surface area contributed by atoms with E-state index in [1.54, 1.807) is 6.92 Å². The van der Waals surface area contributed by atoms with Crippen LogP contribution < -0.4 is 11.1 Å². The lowest BCUT2D eigenvalue weighted by molar-refractivity contribution is 0.0920. The van der Waals surface area contributed by atoms with E-state index in [0.717, 1.165) is 24.1 Å². The number of nitrogens with one attached hydrogen (secondary N) is 1. The topological polar surface area (TPSA) is 85.3 Å². The molecule has 6 heteroatoms. The predicted molar refractivity (Wildman–Crippen MR) is 94.9 cm³/mol. The Morgan fingerprint density at radius 2 is 1.96 bits per heavy atom. The van der Waals surface area contributed by atoms with Gasteiger partial charge in [0.25, 0.3) is 5.91 Å². The number of halogens is 1. The number of nitrogens with two attached hydrogens (primary N) is 1. The molecule has 0 spiro atoms. The van der Waals surface area contributed by atoms with Crippen LogP contribution in [0.3, 0.4) is 0 Å². The van der Waals surface area contributed by atoms with E-state index in [4.69, 9.17) is 10.2 Å². The van der Waals surface area contributed by atoms with Crippen LogP contribution in [-0.4, -0.2) is 18.2 Å². The molecule has 0 radical (unpaired) electrons. The molecule has 3 N–H and O–H groups in total. The van der Waals surface area contributed by atoms with Crippen LogP contribution in [0.2, 0.25) is 0 Å². The van der Waals surface area contributed by atoms with E-state index >= 15 is 0 Å². The third kappa shape index (κ3) is 3.62. The van der Waals surface area contributed by atoms with Gasteiger partial charge in [-0.05, 0) is 37.5 Å². The van der Waals surface area contributed by atoms with Gasteiger partial charge in [-0.25, -0.2) is 0 Å². The average Bonchev–Trinajstić information content (AvgIpc) is 2.88. The number of carbonyl (C=O) groups is 2. The second-order valence-corrected chi connectivity index (χ2v) is 5.88. The minimum atomic E-state index is -0.264. The summed E-state index contributed by atoms with van der Waals surface area (Å²) in [5, 5.41) is 2.85. The van der Waals surface area contributed by atoms with Crippen molar-refractivity contribution in [3.63, 3.8) is 0 Å². The molecule has 0 unspecified atom stereocenters. The number of rotatable bonds is 4. The van der Waals surface area contributed by atoms with Gasteiger partial charge in [-0.2, -0.15) is 0 Å². The fourth-order valence-corrected chi connectivity index (χ4v) is 2.95. The van der Waals surface area contributed by atoms with Crippen LogP contribution in [0.1, 0.15) is 50.6 Å². The molecule has 1 aromatic heterocycles. The molecule has 3 rings (SSSR count). The molecule has 0 saturated heterocycles. The second-order valence-electron chi connectivity index (χ2n) is 5.88. The number of benzene rings is 1. The maximum absolute atomic E-state index is 12.3. The Morgan fingerprint density at radius 1 is 1.25 bits per heavy atom. The van der Waals surface area contributed by atoms with E-state index in [9.17, 15) is 9.59 Å². The Bertz CT molecular complexity index is 750. The van der Waals surface area contributed by atoms with E-state index in [-0.39, 0.29) is 29.9 Å². The molecule has 1 amide bonds. The van der Waals surface area contributed by atoms with Gasteiger partial charge in [-0.15, -0.1) is 12.4 Å². The summed E-state index contributed by atoms with van der Waals surface area (Å²) in [6.45, 7) is 2.28. The molecule has 0 bridgehead atoms. The standard InChI is InChI=1S/C18H20N2O3.ClH/c1-11-16-14(21)3-2-4-15(16)23-17(11)18(22)20-10-9-12-5-7-13(19)8-6-12;/h5-8H,2-4,9-10,19H2,1H3,(H,20,22);1H. The summed E-state index contributed by atoms with van der Waals surface area (Å²) in [7, 11) is 0.